The average molecular weight is 283 g/mol. The summed E-state index contributed by atoms with van der Waals surface area (Å²) in [4.78, 5) is 4.91. The monoisotopic (exact) mass is 283 g/mol. The molecular formula is C9H9N5S3. The molecule has 0 radical (unpaired) electrons. The average Bonchev–Trinajstić information content (AvgIpc) is 2.77. The molecule has 2 aromatic heterocycles. The van der Waals surface area contributed by atoms with Crippen molar-refractivity contribution in [1.29, 1.82) is 5.41 Å². The first kappa shape index (κ1) is 12.3. The summed E-state index contributed by atoms with van der Waals surface area (Å²) in [7, 11) is 0. The number of amidine groups is 1. The standard InChI is InChI=1S/C9H9N5S3/c1-15-8-13-14-9(17-8)16-5-3-2-4-12-6(5)7(10)11/h2-4H,1H3,(H3,10,11). The molecule has 3 N–H and O–H groups in total. The second-order valence-corrected chi connectivity index (χ2v) is 6.22. The van der Waals surface area contributed by atoms with E-state index in [-0.39, 0.29) is 5.84 Å². The van der Waals surface area contributed by atoms with E-state index < -0.39 is 0 Å². The first-order chi connectivity index (χ1) is 8.20. The highest BCUT2D eigenvalue weighted by Gasteiger charge is 2.11. The van der Waals surface area contributed by atoms with E-state index >= 15 is 0 Å². The van der Waals surface area contributed by atoms with E-state index in [2.05, 4.69) is 15.2 Å². The first-order valence-corrected chi connectivity index (χ1v) is 7.41. The zero-order valence-electron chi connectivity index (χ0n) is 8.88. The molecule has 0 amide bonds. The lowest BCUT2D eigenvalue weighted by Crippen LogP contribution is -2.14. The largest absolute Gasteiger partial charge is 0.382 e. The zero-order chi connectivity index (χ0) is 12.3. The Morgan fingerprint density at radius 1 is 1.41 bits per heavy atom. The lowest BCUT2D eigenvalue weighted by atomic mass is 10.3. The number of nitrogens with zero attached hydrogens (tertiary/aromatic N) is 3. The molecular weight excluding hydrogens is 274 g/mol. The molecule has 8 heteroatoms. The third-order valence-electron chi connectivity index (χ3n) is 1.79. The van der Waals surface area contributed by atoms with Gasteiger partial charge in [-0.15, -0.1) is 10.2 Å². The number of nitrogens with one attached hydrogen (secondary N) is 1. The predicted octanol–water partition coefficient (Wildman–Crippen LogP) is 2.09. The Balaban J connectivity index is 2.26. The van der Waals surface area contributed by atoms with Gasteiger partial charge in [-0.3, -0.25) is 10.4 Å². The van der Waals surface area contributed by atoms with Crippen molar-refractivity contribution in [3.63, 3.8) is 0 Å². The van der Waals surface area contributed by atoms with Crippen molar-refractivity contribution >= 4 is 40.7 Å². The van der Waals surface area contributed by atoms with Gasteiger partial charge in [0.15, 0.2) is 8.68 Å². The van der Waals surface area contributed by atoms with Gasteiger partial charge in [0.05, 0.1) is 0 Å². The molecule has 88 valence electrons. The topological polar surface area (TPSA) is 88.5 Å². The minimum atomic E-state index is -0.0392. The van der Waals surface area contributed by atoms with Crippen LogP contribution in [0.4, 0.5) is 0 Å². The predicted molar refractivity (Wildman–Crippen MR) is 71.1 cm³/mol. The van der Waals surface area contributed by atoms with Gasteiger partial charge >= 0.3 is 0 Å². The molecule has 0 bridgehead atoms. The van der Waals surface area contributed by atoms with Crippen molar-refractivity contribution in [2.75, 3.05) is 6.26 Å². The highest BCUT2D eigenvalue weighted by atomic mass is 32.2. The molecule has 0 aliphatic carbocycles. The second kappa shape index (κ2) is 5.48. The van der Waals surface area contributed by atoms with Crippen LogP contribution in [0.25, 0.3) is 0 Å². The van der Waals surface area contributed by atoms with Crippen LogP contribution < -0.4 is 5.73 Å². The van der Waals surface area contributed by atoms with Crippen LogP contribution >= 0.6 is 34.9 Å². The third-order valence-corrected chi connectivity index (χ3v) is 4.78. The van der Waals surface area contributed by atoms with Gasteiger partial charge in [-0.1, -0.05) is 34.9 Å². The highest BCUT2D eigenvalue weighted by Crippen LogP contribution is 2.33. The Kier molecular flexibility index (Phi) is 3.97. The van der Waals surface area contributed by atoms with Gasteiger partial charge < -0.3 is 5.73 Å². The molecule has 0 fully saturated rings. The van der Waals surface area contributed by atoms with Gasteiger partial charge in [-0.2, -0.15) is 0 Å². The fourth-order valence-electron chi connectivity index (χ4n) is 1.09. The number of hydrogen-bond donors (Lipinski definition) is 2. The summed E-state index contributed by atoms with van der Waals surface area (Å²) >= 11 is 4.50. The lowest BCUT2D eigenvalue weighted by Gasteiger charge is -2.03. The molecule has 17 heavy (non-hydrogen) atoms. The maximum atomic E-state index is 7.45. The molecule has 2 aromatic rings. The molecule has 0 aliphatic rings. The molecule has 0 saturated heterocycles. The van der Waals surface area contributed by atoms with Crippen LogP contribution in [0.1, 0.15) is 5.69 Å². The normalized spacial score (nSPS) is 10.4. The summed E-state index contributed by atoms with van der Waals surface area (Å²) in [6.07, 6.45) is 3.58. The molecule has 0 unspecified atom stereocenters. The molecule has 2 heterocycles. The lowest BCUT2D eigenvalue weighted by molar-refractivity contribution is 0.955. The number of hydrogen-bond acceptors (Lipinski definition) is 7. The Morgan fingerprint density at radius 3 is 2.82 bits per heavy atom. The summed E-state index contributed by atoms with van der Waals surface area (Å²) in [6.45, 7) is 0. The molecule has 5 nitrogen and oxygen atoms in total. The van der Waals surface area contributed by atoms with Gasteiger partial charge in [0.25, 0.3) is 0 Å². The second-order valence-electron chi connectivity index (χ2n) is 2.90. The van der Waals surface area contributed by atoms with Crippen molar-refractivity contribution in [2.24, 2.45) is 5.73 Å². The Labute approximate surface area is 111 Å². The van der Waals surface area contributed by atoms with Crippen LogP contribution in [0, 0.1) is 5.41 Å². The number of pyridine rings is 1. The summed E-state index contributed by atoms with van der Waals surface area (Å²) in [5.74, 6) is -0.0392. The highest BCUT2D eigenvalue weighted by molar-refractivity contribution is 8.03. The fourth-order valence-corrected chi connectivity index (χ4v) is 3.60. The summed E-state index contributed by atoms with van der Waals surface area (Å²) in [5.41, 5.74) is 5.95. The van der Waals surface area contributed by atoms with Crippen molar-refractivity contribution in [3.8, 4) is 0 Å². The van der Waals surface area contributed by atoms with Gasteiger partial charge in [-0.05, 0) is 18.4 Å². The van der Waals surface area contributed by atoms with Crippen molar-refractivity contribution in [2.45, 2.75) is 13.6 Å². The van der Waals surface area contributed by atoms with Crippen LogP contribution in [0.3, 0.4) is 0 Å². The van der Waals surface area contributed by atoms with Gasteiger partial charge in [0, 0.05) is 11.1 Å². The third kappa shape index (κ3) is 2.96. The number of nitrogen functional groups attached to an aromatic ring is 1. The van der Waals surface area contributed by atoms with Crippen LogP contribution in [-0.2, 0) is 0 Å². The van der Waals surface area contributed by atoms with E-state index in [1.807, 2.05) is 18.4 Å². The maximum absolute atomic E-state index is 7.45. The van der Waals surface area contributed by atoms with Gasteiger partial charge in [0.1, 0.15) is 11.5 Å². The quantitative estimate of drug-likeness (QED) is 0.507. The minimum Gasteiger partial charge on any atom is -0.382 e. The summed E-state index contributed by atoms with van der Waals surface area (Å²) < 4.78 is 1.74. The number of aromatic nitrogens is 3. The Hall–Kier alpha value is -1.12. The smallest absolute Gasteiger partial charge is 0.179 e. The van der Waals surface area contributed by atoms with E-state index in [4.69, 9.17) is 11.1 Å². The number of rotatable bonds is 4. The van der Waals surface area contributed by atoms with Gasteiger partial charge in [0.2, 0.25) is 0 Å². The molecule has 0 atom stereocenters. The Morgan fingerprint density at radius 2 is 2.18 bits per heavy atom. The van der Waals surface area contributed by atoms with E-state index in [1.165, 1.54) is 23.1 Å². The van der Waals surface area contributed by atoms with Crippen molar-refractivity contribution in [3.05, 3.63) is 24.0 Å². The first-order valence-electron chi connectivity index (χ1n) is 4.55. The SMILES string of the molecule is CSc1nnc(Sc2cccnc2C(=N)N)s1. The summed E-state index contributed by atoms with van der Waals surface area (Å²) in [5, 5.41) is 15.5. The Bertz CT molecular complexity index is 539. The fraction of sp³-hybridized carbons (Fsp3) is 0.111. The van der Waals surface area contributed by atoms with Gasteiger partial charge in [-0.25, -0.2) is 0 Å². The van der Waals surface area contributed by atoms with Crippen LogP contribution in [0.15, 0.2) is 31.9 Å². The zero-order valence-corrected chi connectivity index (χ0v) is 11.3. The van der Waals surface area contributed by atoms with E-state index in [1.54, 1.807) is 18.0 Å². The minimum absolute atomic E-state index is 0.0392. The molecule has 0 aliphatic heterocycles. The van der Waals surface area contributed by atoms with Crippen LogP contribution in [-0.4, -0.2) is 27.3 Å². The van der Waals surface area contributed by atoms with Crippen molar-refractivity contribution in [1.82, 2.24) is 15.2 Å². The van der Waals surface area contributed by atoms with E-state index in [0.29, 0.717) is 5.69 Å². The molecule has 0 spiro atoms. The molecule has 0 aromatic carbocycles. The molecule has 2 rings (SSSR count). The van der Waals surface area contributed by atoms with Crippen LogP contribution in [0.2, 0.25) is 0 Å². The van der Waals surface area contributed by atoms with Crippen molar-refractivity contribution < 1.29 is 0 Å². The number of nitrogens with two attached hydrogens (primary N) is 1. The number of thioether (sulfide) groups is 1. The van der Waals surface area contributed by atoms with E-state index in [9.17, 15) is 0 Å². The maximum Gasteiger partial charge on any atom is 0.179 e. The van der Waals surface area contributed by atoms with Crippen LogP contribution in [0.5, 0.6) is 0 Å². The molecule has 0 saturated carbocycles. The summed E-state index contributed by atoms with van der Waals surface area (Å²) in [6, 6.07) is 3.68. The van der Waals surface area contributed by atoms with E-state index in [0.717, 1.165) is 13.6 Å².